The Morgan fingerprint density at radius 3 is 2.40 bits per heavy atom. The van der Waals surface area contributed by atoms with Crippen molar-refractivity contribution in [2.45, 2.75) is 27.7 Å². The second kappa shape index (κ2) is 7.98. The fourth-order valence-corrected chi connectivity index (χ4v) is 0.832. The van der Waals surface area contributed by atoms with E-state index in [1.54, 1.807) is 12.3 Å². The fraction of sp³-hybridized carbons (Fsp3) is 0.357. The molecule has 0 fully saturated rings. The number of allylic oxidation sites excluding steroid dienone is 2. The highest BCUT2D eigenvalue weighted by Crippen LogP contribution is 2.04. The summed E-state index contributed by atoms with van der Waals surface area (Å²) in [7, 11) is 0. The number of nitrogens with zero attached hydrogens (tertiary/aromatic N) is 1. The first kappa shape index (κ1) is 13.6. The predicted molar refractivity (Wildman–Crippen MR) is 68.7 cm³/mol. The van der Waals surface area contributed by atoms with Crippen LogP contribution >= 0.6 is 0 Å². The molecule has 15 heavy (non-hydrogen) atoms. The minimum atomic E-state index is 0.833. The van der Waals surface area contributed by atoms with Gasteiger partial charge in [0.2, 0.25) is 0 Å². The monoisotopic (exact) mass is 203 g/mol. The van der Waals surface area contributed by atoms with Crippen LogP contribution in [0.25, 0.3) is 6.08 Å². The van der Waals surface area contributed by atoms with E-state index in [0.717, 1.165) is 11.6 Å². The van der Waals surface area contributed by atoms with Gasteiger partial charge in [0.15, 0.2) is 0 Å². The molecule has 0 radical (unpaired) electrons. The maximum absolute atomic E-state index is 4.18. The summed E-state index contributed by atoms with van der Waals surface area (Å²) in [6.07, 6.45) is 7.36. The van der Waals surface area contributed by atoms with Crippen LogP contribution in [-0.2, 0) is 0 Å². The predicted octanol–water partition coefficient (Wildman–Crippen LogP) is 4.25. The average Bonchev–Trinajstić information content (AvgIpc) is 2.16. The smallest absolute Gasteiger partial charge is 0.0658 e. The fourth-order valence-electron chi connectivity index (χ4n) is 0.832. The van der Waals surface area contributed by atoms with Crippen LogP contribution < -0.4 is 0 Å². The SMILES string of the molecule is C=C/C=C\c1ncccc1C.CC(C)C. The van der Waals surface area contributed by atoms with Crippen LogP contribution in [0.15, 0.2) is 37.1 Å². The molecule has 1 aromatic rings. The van der Waals surface area contributed by atoms with Crippen molar-refractivity contribution < 1.29 is 0 Å². The van der Waals surface area contributed by atoms with Gasteiger partial charge in [0.25, 0.3) is 0 Å². The Hall–Kier alpha value is -1.37. The Balaban J connectivity index is 0.000000423. The van der Waals surface area contributed by atoms with E-state index in [1.807, 2.05) is 31.2 Å². The summed E-state index contributed by atoms with van der Waals surface area (Å²) in [6, 6.07) is 3.97. The zero-order valence-corrected chi connectivity index (χ0v) is 10.2. The summed E-state index contributed by atoms with van der Waals surface area (Å²) < 4.78 is 0. The highest BCUT2D eigenvalue weighted by molar-refractivity contribution is 5.50. The highest BCUT2D eigenvalue weighted by atomic mass is 14.7. The molecule has 82 valence electrons. The number of aromatic nitrogens is 1. The van der Waals surface area contributed by atoms with E-state index in [2.05, 4.69) is 32.3 Å². The Bertz CT molecular complexity index is 308. The van der Waals surface area contributed by atoms with Gasteiger partial charge in [0.05, 0.1) is 5.69 Å². The molecule has 0 saturated carbocycles. The molecule has 1 aromatic heterocycles. The highest BCUT2D eigenvalue weighted by Gasteiger charge is 1.89. The van der Waals surface area contributed by atoms with Gasteiger partial charge in [-0.3, -0.25) is 4.98 Å². The van der Waals surface area contributed by atoms with Gasteiger partial charge < -0.3 is 0 Å². The molecule has 0 amide bonds. The van der Waals surface area contributed by atoms with Gasteiger partial charge >= 0.3 is 0 Å². The third kappa shape index (κ3) is 7.68. The molecular weight excluding hydrogens is 182 g/mol. The van der Waals surface area contributed by atoms with Crippen LogP contribution in [-0.4, -0.2) is 4.98 Å². The van der Waals surface area contributed by atoms with Crippen LogP contribution in [0.5, 0.6) is 0 Å². The lowest BCUT2D eigenvalue weighted by molar-refractivity contribution is 0.737. The van der Waals surface area contributed by atoms with Gasteiger partial charge in [-0.25, -0.2) is 0 Å². The number of hydrogen-bond donors (Lipinski definition) is 0. The maximum atomic E-state index is 4.18. The summed E-state index contributed by atoms with van der Waals surface area (Å²) in [5, 5.41) is 0. The molecule has 0 spiro atoms. The first-order chi connectivity index (χ1) is 7.07. The molecule has 0 bridgehead atoms. The molecule has 0 unspecified atom stereocenters. The van der Waals surface area contributed by atoms with Crippen molar-refractivity contribution >= 4 is 6.08 Å². The third-order valence-electron chi connectivity index (χ3n) is 1.44. The molecule has 0 aliphatic rings. The van der Waals surface area contributed by atoms with Crippen LogP contribution in [0.4, 0.5) is 0 Å². The Morgan fingerprint density at radius 2 is 1.93 bits per heavy atom. The van der Waals surface area contributed by atoms with E-state index in [-0.39, 0.29) is 0 Å². The number of pyridine rings is 1. The van der Waals surface area contributed by atoms with Gasteiger partial charge in [-0.15, -0.1) is 0 Å². The minimum Gasteiger partial charge on any atom is -0.257 e. The minimum absolute atomic E-state index is 0.833. The topological polar surface area (TPSA) is 12.9 Å². The van der Waals surface area contributed by atoms with E-state index in [1.165, 1.54) is 5.56 Å². The molecular formula is C14H21N. The summed E-state index contributed by atoms with van der Waals surface area (Å²) in [6.45, 7) is 12.1. The molecule has 0 atom stereocenters. The van der Waals surface area contributed by atoms with Crippen molar-refractivity contribution in [2.75, 3.05) is 0 Å². The van der Waals surface area contributed by atoms with Crippen LogP contribution in [0.2, 0.25) is 0 Å². The maximum Gasteiger partial charge on any atom is 0.0658 e. The van der Waals surface area contributed by atoms with Crippen molar-refractivity contribution in [3.63, 3.8) is 0 Å². The Labute approximate surface area is 93.6 Å². The summed E-state index contributed by atoms with van der Waals surface area (Å²) in [4.78, 5) is 4.18. The van der Waals surface area contributed by atoms with E-state index < -0.39 is 0 Å². The summed E-state index contributed by atoms with van der Waals surface area (Å²) >= 11 is 0. The zero-order chi connectivity index (χ0) is 11.7. The number of aryl methyl sites for hydroxylation is 1. The van der Waals surface area contributed by atoms with Crippen molar-refractivity contribution in [1.29, 1.82) is 0 Å². The standard InChI is InChI=1S/C10H11N.C4H10/c1-3-4-7-10-9(2)6-5-8-11-10;1-4(2)3/h3-8H,1H2,2H3;4H,1-3H3/b7-4-;. The molecule has 1 heterocycles. The Kier molecular flexibility index (Phi) is 7.25. The van der Waals surface area contributed by atoms with Crippen molar-refractivity contribution in [3.05, 3.63) is 48.3 Å². The molecule has 0 aliphatic carbocycles. The van der Waals surface area contributed by atoms with Gasteiger partial charge in [0, 0.05) is 6.20 Å². The zero-order valence-electron chi connectivity index (χ0n) is 10.2. The molecule has 0 N–H and O–H groups in total. The van der Waals surface area contributed by atoms with Gasteiger partial charge in [0.1, 0.15) is 0 Å². The average molecular weight is 203 g/mol. The lowest BCUT2D eigenvalue weighted by atomic mass is 10.2. The van der Waals surface area contributed by atoms with Crippen LogP contribution in [0.1, 0.15) is 32.0 Å². The lowest BCUT2D eigenvalue weighted by Gasteiger charge is -1.95. The molecule has 1 nitrogen and oxygen atoms in total. The molecule has 0 saturated heterocycles. The summed E-state index contributed by atoms with van der Waals surface area (Å²) in [5.41, 5.74) is 2.19. The van der Waals surface area contributed by atoms with E-state index >= 15 is 0 Å². The molecule has 1 heteroatoms. The van der Waals surface area contributed by atoms with Crippen molar-refractivity contribution in [2.24, 2.45) is 5.92 Å². The lowest BCUT2D eigenvalue weighted by Crippen LogP contribution is -1.83. The molecule has 0 aromatic carbocycles. The van der Waals surface area contributed by atoms with Gasteiger partial charge in [-0.05, 0) is 30.5 Å². The van der Waals surface area contributed by atoms with E-state index in [9.17, 15) is 0 Å². The number of hydrogen-bond acceptors (Lipinski definition) is 1. The quantitative estimate of drug-likeness (QED) is 0.655. The van der Waals surface area contributed by atoms with Gasteiger partial charge in [-0.2, -0.15) is 0 Å². The Morgan fingerprint density at radius 1 is 1.33 bits per heavy atom. The van der Waals surface area contributed by atoms with E-state index in [0.29, 0.717) is 0 Å². The second-order valence-electron chi connectivity index (χ2n) is 4.03. The first-order valence-electron chi connectivity index (χ1n) is 5.28. The third-order valence-corrected chi connectivity index (χ3v) is 1.44. The van der Waals surface area contributed by atoms with Crippen LogP contribution in [0, 0.1) is 12.8 Å². The van der Waals surface area contributed by atoms with Gasteiger partial charge in [-0.1, -0.05) is 45.6 Å². The van der Waals surface area contributed by atoms with Crippen molar-refractivity contribution in [1.82, 2.24) is 4.98 Å². The largest absolute Gasteiger partial charge is 0.257 e. The van der Waals surface area contributed by atoms with E-state index in [4.69, 9.17) is 0 Å². The number of rotatable bonds is 2. The molecule has 0 aliphatic heterocycles. The summed E-state index contributed by atoms with van der Waals surface area (Å²) in [5.74, 6) is 0.833. The van der Waals surface area contributed by atoms with Crippen LogP contribution in [0.3, 0.4) is 0 Å². The first-order valence-corrected chi connectivity index (χ1v) is 5.28. The second-order valence-corrected chi connectivity index (χ2v) is 4.03. The van der Waals surface area contributed by atoms with Crippen molar-refractivity contribution in [3.8, 4) is 0 Å². The normalized spacial score (nSPS) is 9.93. The molecule has 1 rings (SSSR count).